The van der Waals surface area contributed by atoms with Gasteiger partial charge in [-0.3, -0.25) is 9.59 Å². The van der Waals surface area contributed by atoms with Gasteiger partial charge in [0.05, 0.1) is 25.5 Å². The van der Waals surface area contributed by atoms with Gasteiger partial charge in [0, 0.05) is 30.4 Å². The largest absolute Gasteiger partial charge is 0.490 e. The lowest BCUT2D eigenvalue weighted by molar-refractivity contribution is -0.121. The molecule has 0 bridgehead atoms. The van der Waals surface area contributed by atoms with Gasteiger partial charge in [-0.1, -0.05) is 0 Å². The van der Waals surface area contributed by atoms with E-state index < -0.39 is 0 Å². The number of carbonyl (C=O) groups excluding carboxylic acids is 2. The monoisotopic (exact) mass is 471 g/mol. The Bertz CT molecular complexity index is 997. The van der Waals surface area contributed by atoms with Crippen LogP contribution in [0.3, 0.4) is 0 Å². The van der Waals surface area contributed by atoms with E-state index in [0.717, 1.165) is 6.54 Å². The van der Waals surface area contributed by atoms with E-state index in [-0.39, 0.29) is 18.4 Å². The maximum absolute atomic E-state index is 13.1. The first-order valence-electron chi connectivity index (χ1n) is 11.5. The summed E-state index contributed by atoms with van der Waals surface area (Å²) in [5.41, 5.74) is 1.61. The molecule has 1 aliphatic heterocycles. The zero-order valence-corrected chi connectivity index (χ0v) is 20.5. The average molecular weight is 472 g/mol. The molecule has 0 atom stereocenters. The van der Waals surface area contributed by atoms with Gasteiger partial charge in [-0.05, 0) is 59.1 Å². The van der Waals surface area contributed by atoms with E-state index in [2.05, 4.69) is 5.32 Å². The molecule has 9 nitrogen and oxygen atoms in total. The molecular formula is C25H33N3O6. The summed E-state index contributed by atoms with van der Waals surface area (Å²) < 4.78 is 22.8. The van der Waals surface area contributed by atoms with Gasteiger partial charge in [0.15, 0.2) is 18.1 Å². The lowest BCUT2D eigenvalue weighted by Gasteiger charge is -2.30. The third-order valence-electron chi connectivity index (χ3n) is 5.10. The molecular weight excluding hydrogens is 438 g/mol. The van der Waals surface area contributed by atoms with Gasteiger partial charge in [0.1, 0.15) is 5.75 Å². The van der Waals surface area contributed by atoms with Crippen LogP contribution in [0.25, 0.3) is 0 Å². The highest BCUT2D eigenvalue weighted by Gasteiger charge is 2.26. The van der Waals surface area contributed by atoms with Crippen LogP contribution in [0, 0.1) is 0 Å². The van der Waals surface area contributed by atoms with Crippen molar-refractivity contribution in [3.8, 4) is 23.0 Å². The zero-order valence-electron chi connectivity index (χ0n) is 20.5. The third-order valence-corrected chi connectivity index (χ3v) is 5.10. The molecule has 2 aromatic carbocycles. The van der Waals surface area contributed by atoms with Gasteiger partial charge in [-0.2, -0.15) is 0 Å². The molecule has 0 aliphatic carbocycles. The second kappa shape index (κ2) is 11.6. The molecule has 0 unspecified atom stereocenters. The highest BCUT2D eigenvalue weighted by Crippen LogP contribution is 2.40. The van der Waals surface area contributed by atoms with Crippen molar-refractivity contribution in [1.82, 2.24) is 4.90 Å². The minimum atomic E-state index is -0.332. The number of nitrogens with one attached hydrogen (secondary N) is 1. The number of hydrogen-bond donors (Lipinski definition) is 1. The second-order valence-corrected chi connectivity index (χ2v) is 7.87. The molecule has 0 saturated carbocycles. The Balaban J connectivity index is 1.85. The van der Waals surface area contributed by atoms with Gasteiger partial charge in [0.2, 0.25) is 5.75 Å². The number of ether oxygens (including phenoxy) is 4. The van der Waals surface area contributed by atoms with Crippen LogP contribution in [0.4, 0.5) is 11.4 Å². The van der Waals surface area contributed by atoms with Crippen molar-refractivity contribution >= 4 is 23.2 Å². The molecule has 1 aliphatic rings. The predicted octanol–water partition coefficient (Wildman–Crippen LogP) is 3.42. The molecule has 184 valence electrons. The number of nitrogens with zero attached hydrogens (tertiary/aromatic N) is 2. The maximum atomic E-state index is 13.1. The molecule has 1 N–H and O–H groups in total. The van der Waals surface area contributed by atoms with E-state index in [4.69, 9.17) is 18.9 Å². The topological polar surface area (TPSA) is 89.6 Å². The molecule has 0 saturated heterocycles. The molecule has 9 heteroatoms. The van der Waals surface area contributed by atoms with Crippen LogP contribution < -0.4 is 29.2 Å². The summed E-state index contributed by atoms with van der Waals surface area (Å²) in [5.74, 6) is 1.50. The quantitative estimate of drug-likeness (QED) is 0.537. The summed E-state index contributed by atoms with van der Waals surface area (Å²) in [6.45, 7) is 8.13. The molecule has 3 rings (SSSR count). The van der Waals surface area contributed by atoms with E-state index >= 15 is 0 Å². The van der Waals surface area contributed by atoms with Crippen molar-refractivity contribution in [2.45, 2.75) is 20.8 Å². The Kier molecular flexibility index (Phi) is 8.59. The standard InChI is InChI=1S/C25H33N3O6/c1-6-31-21-13-17(14-22(32-7-2)24(21)33-8-3)25(30)26-18-9-10-19-20(15-18)34-16-23(29)28(19)12-11-27(4)5/h9-10,13-15H,6-8,11-12,16H2,1-5H3,(H,26,30). The van der Waals surface area contributed by atoms with E-state index in [1.54, 1.807) is 35.2 Å². The number of rotatable bonds is 11. The molecule has 0 aromatic heterocycles. The van der Waals surface area contributed by atoms with Crippen LogP contribution in [0.15, 0.2) is 30.3 Å². The van der Waals surface area contributed by atoms with Crippen LogP contribution in [0.1, 0.15) is 31.1 Å². The summed E-state index contributed by atoms with van der Waals surface area (Å²) in [6, 6.07) is 8.55. The summed E-state index contributed by atoms with van der Waals surface area (Å²) in [7, 11) is 3.92. The Morgan fingerprint density at radius 3 is 2.26 bits per heavy atom. The van der Waals surface area contributed by atoms with E-state index in [1.165, 1.54) is 0 Å². The fourth-order valence-electron chi connectivity index (χ4n) is 3.55. The van der Waals surface area contributed by atoms with Crippen molar-refractivity contribution in [3.63, 3.8) is 0 Å². The molecule has 34 heavy (non-hydrogen) atoms. The van der Waals surface area contributed by atoms with Gasteiger partial charge in [-0.25, -0.2) is 0 Å². The fraction of sp³-hybridized carbons (Fsp3) is 0.440. The SMILES string of the molecule is CCOc1cc(C(=O)Nc2ccc3c(c2)OCC(=O)N3CCN(C)C)cc(OCC)c1OCC. The lowest BCUT2D eigenvalue weighted by atomic mass is 10.1. The second-order valence-electron chi connectivity index (χ2n) is 7.87. The van der Waals surface area contributed by atoms with Crippen LogP contribution in [-0.2, 0) is 4.79 Å². The number of fused-ring (bicyclic) bond motifs is 1. The van der Waals surface area contributed by atoms with Crippen LogP contribution in [0.5, 0.6) is 23.0 Å². The van der Waals surface area contributed by atoms with Crippen LogP contribution in [0.2, 0.25) is 0 Å². The van der Waals surface area contributed by atoms with Crippen molar-refractivity contribution in [1.29, 1.82) is 0 Å². The van der Waals surface area contributed by atoms with Crippen molar-refractivity contribution in [2.75, 3.05) is 63.8 Å². The van der Waals surface area contributed by atoms with Crippen molar-refractivity contribution in [2.24, 2.45) is 0 Å². The summed E-state index contributed by atoms with van der Waals surface area (Å²) in [4.78, 5) is 29.1. The fourth-order valence-corrected chi connectivity index (χ4v) is 3.55. The first-order chi connectivity index (χ1) is 16.4. The Morgan fingerprint density at radius 1 is 1.03 bits per heavy atom. The number of amides is 2. The normalized spacial score (nSPS) is 12.8. The van der Waals surface area contributed by atoms with Crippen LogP contribution >= 0.6 is 0 Å². The number of carbonyl (C=O) groups is 2. The van der Waals surface area contributed by atoms with E-state index in [9.17, 15) is 9.59 Å². The number of benzene rings is 2. The minimum absolute atomic E-state index is 0.0356. The Hall–Kier alpha value is -3.46. The van der Waals surface area contributed by atoms with Crippen molar-refractivity contribution in [3.05, 3.63) is 35.9 Å². The molecule has 2 amide bonds. The molecule has 2 aromatic rings. The van der Waals surface area contributed by atoms with Crippen molar-refractivity contribution < 1.29 is 28.5 Å². The third kappa shape index (κ3) is 5.91. The average Bonchev–Trinajstić information content (AvgIpc) is 2.80. The summed E-state index contributed by atoms with van der Waals surface area (Å²) in [6.07, 6.45) is 0. The van der Waals surface area contributed by atoms with E-state index in [0.29, 0.717) is 66.3 Å². The smallest absolute Gasteiger partial charge is 0.265 e. The summed E-state index contributed by atoms with van der Waals surface area (Å²) >= 11 is 0. The van der Waals surface area contributed by atoms with Crippen LogP contribution in [-0.4, -0.2) is 70.3 Å². The number of hydrogen-bond acceptors (Lipinski definition) is 7. The van der Waals surface area contributed by atoms with Gasteiger partial charge < -0.3 is 34.1 Å². The van der Waals surface area contributed by atoms with Gasteiger partial charge in [-0.15, -0.1) is 0 Å². The molecule has 0 spiro atoms. The first kappa shape index (κ1) is 25.2. The maximum Gasteiger partial charge on any atom is 0.265 e. The predicted molar refractivity (Wildman–Crippen MR) is 131 cm³/mol. The summed E-state index contributed by atoms with van der Waals surface area (Å²) in [5, 5.41) is 2.89. The lowest BCUT2D eigenvalue weighted by Crippen LogP contribution is -2.42. The Morgan fingerprint density at radius 2 is 1.68 bits per heavy atom. The number of likely N-dealkylation sites (N-methyl/N-ethyl adjacent to an activating group) is 1. The molecule has 0 radical (unpaired) electrons. The van der Waals surface area contributed by atoms with Gasteiger partial charge >= 0.3 is 0 Å². The van der Waals surface area contributed by atoms with E-state index in [1.807, 2.05) is 39.8 Å². The highest BCUT2D eigenvalue weighted by atomic mass is 16.5. The zero-order chi connectivity index (χ0) is 24.7. The van der Waals surface area contributed by atoms with Gasteiger partial charge in [0.25, 0.3) is 11.8 Å². The first-order valence-corrected chi connectivity index (χ1v) is 11.5. The minimum Gasteiger partial charge on any atom is -0.490 e. The molecule has 1 heterocycles. The number of anilines is 2. The molecule has 0 fully saturated rings. The Labute approximate surface area is 200 Å². The highest BCUT2D eigenvalue weighted by molar-refractivity contribution is 6.06.